The second-order valence-corrected chi connectivity index (χ2v) is 26.7. The maximum absolute atomic E-state index is 11.4. The minimum atomic E-state index is -0.223. The van der Waals surface area contributed by atoms with Crippen LogP contribution in [0.5, 0.6) is 23.0 Å². The van der Waals surface area contributed by atoms with E-state index in [1.807, 2.05) is 109 Å². The molecule has 0 saturated heterocycles. The summed E-state index contributed by atoms with van der Waals surface area (Å²) in [5.41, 5.74) is 16.6. The highest BCUT2D eigenvalue weighted by Gasteiger charge is 2.25. The van der Waals surface area contributed by atoms with E-state index in [9.17, 15) is 20.4 Å². The van der Waals surface area contributed by atoms with Crippen LogP contribution in [0, 0.1) is 0 Å². The van der Waals surface area contributed by atoms with Crippen LogP contribution in [-0.4, -0.2) is 39.1 Å². The number of phenolic OH excluding ortho intramolecular Hbond substituents is 4. The number of allylic oxidation sites excluding steroid dienone is 1. The molecule has 9 aromatic rings. The Kier molecular flexibility index (Phi) is 18.1. The molecular weight excluding hydrogens is 1050 g/mol. The highest BCUT2D eigenvalue weighted by molar-refractivity contribution is 5.88. The van der Waals surface area contributed by atoms with Crippen LogP contribution < -0.4 is 0 Å². The maximum atomic E-state index is 11.4. The molecule has 7 heteroatoms. The van der Waals surface area contributed by atoms with E-state index in [2.05, 4.69) is 181 Å². The summed E-state index contributed by atoms with van der Waals surface area (Å²) < 4.78 is 0. The van der Waals surface area contributed by atoms with Crippen LogP contribution >= 0.6 is 0 Å². The summed E-state index contributed by atoms with van der Waals surface area (Å²) in [5.74, 6) is 0.733. The zero-order chi connectivity index (χ0) is 61.7. The van der Waals surface area contributed by atoms with Crippen molar-refractivity contribution >= 4 is 47.4 Å². The fraction of sp³-hybridized carbons (Fsp3) is 0.253. The Morgan fingerprint density at radius 2 is 0.558 bits per heavy atom. The lowest BCUT2D eigenvalue weighted by molar-refractivity contribution is 0.445. The number of phenols is 4. The Labute approximate surface area is 510 Å². The molecular formula is C79H83N3O4. The molecule has 0 aliphatic heterocycles. The third kappa shape index (κ3) is 14.2. The third-order valence-corrected chi connectivity index (χ3v) is 16.2. The van der Waals surface area contributed by atoms with E-state index in [1.54, 1.807) is 18.6 Å². The third-order valence-electron chi connectivity index (χ3n) is 16.2. The number of aliphatic imine (C=N–C) groups is 3. The Bertz CT molecular complexity index is 3840. The summed E-state index contributed by atoms with van der Waals surface area (Å²) in [6.07, 6.45) is 8.10. The highest BCUT2D eigenvalue weighted by Crippen LogP contribution is 2.41. The number of benzene rings is 9. The fourth-order valence-corrected chi connectivity index (χ4v) is 11.3. The van der Waals surface area contributed by atoms with Gasteiger partial charge >= 0.3 is 0 Å². The molecule has 86 heavy (non-hydrogen) atoms. The Morgan fingerprint density at radius 1 is 0.326 bits per heavy atom. The zero-order valence-electron chi connectivity index (χ0n) is 52.3. The second kappa shape index (κ2) is 25.3. The normalized spacial score (nSPS) is 13.5. The SMILES string of the molecule is CC/C(=C\c1cccc(C(C)(C)C)c1O)c1ccc(C(c2ccc(N=Cc3cccc(C(C)(C)C)c3O)cc2)c2ccc(C(c3ccc(N=Cc4cccc(C(C)(C)C)c4O)cc3)c3ccc(N=Cc4cccc(C(C)(C)C)c4O)cc3)cc2)cc1. The molecule has 9 rings (SSSR count). The summed E-state index contributed by atoms with van der Waals surface area (Å²) in [6.45, 7) is 27.3. The average Bonchev–Trinajstić information content (AvgIpc) is 2.93. The Balaban J connectivity index is 1.09. The molecule has 9 aromatic carbocycles. The predicted molar refractivity (Wildman–Crippen MR) is 361 cm³/mol. The minimum absolute atomic E-state index is 0.148. The van der Waals surface area contributed by atoms with Gasteiger partial charge in [-0.2, -0.15) is 0 Å². The van der Waals surface area contributed by atoms with Gasteiger partial charge in [-0.25, -0.2) is 0 Å². The summed E-state index contributed by atoms with van der Waals surface area (Å²) in [6, 6.07) is 66.2. The molecule has 0 aliphatic carbocycles. The molecule has 4 N–H and O–H groups in total. The van der Waals surface area contributed by atoms with Gasteiger partial charge in [-0.15, -0.1) is 0 Å². The van der Waals surface area contributed by atoms with Crippen molar-refractivity contribution in [2.75, 3.05) is 0 Å². The maximum Gasteiger partial charge on any atom is 0.128 e. The van der Waals surface area contributed by atoms with Gasteiger partial charge in [0.25, 0.3) is 0 Å². The van der Waals surface area contributed by atoms with Gasteiger partial charge in [0.2, 0.25) is 0 Å². The summed E-state index contributed by atoms with van der Waals surface area (Å²) in [5, 5.41) is 45.1. The number of hydrogen-bond donors (Lipinski definition) is 4. The van der Waals surface area contributed by atoms with Gasteiger partial charge in [-0.1, -0.05) is 230 Å². The van der Waals surface area contributed by atoms with Crippen molar-refractivity contribution in [2.45, 2.75) is 130 Å². The van der Waals surface area contributed by atoms with Gasteiger partial charge in [0.1, 0.15) is 23.0 Å². The standard InChI is InChI=1S/C79H83N3O4/c1-14-51(47-59-19-15-23-66(72(59)83)76(2,3)4)52-27-29-53(30-28-52)70(56-35-41-63(42-36-56)80-48-60-20-16-24-67(73(60)84)77(5,6)7)54-31-33-55(34-32-54)71(57-37-43-64(44-38-57)81-49-61-21-17-25-68(74(61)85)78(8,9)10)58-39-45-65(46-40-58)82-50-62-22-18-26-69(75(62)86)79(11,12)13/h15-50,70-71,83-86H,14H2,1-13H3/b51-47+,80-48?,81-49?,82-50?. The van der Waals surface area contributed by atoms with Gasteiger partial charge < -0.3 is 20.4 Å². The summed E-state index contributed by atoms with van der Waals surface area (Å²) >= 11 is 0. The smallest absolute Gasteiger partial charge is 0.128 e. The number of rotatable bonds is 15. The molecule has 0 aliphatic rings. The first-order valence-corrected chi connectivity index (χ1v) is 29.9. The first-order chi connectivity index (χ1) is 40.8. The molecule has 1 unspecified atom stereocenters. The molecule has 7 nitrogen and oxygen atoms in total. The van der Waals surface area contributed by atoms with E-state index in [1.165, 1.54) is 0 Å². The zero-order valence-corrected chi connectivity index (χ0v) is 52.3. The van der Waals surface area contributed by atoms with Gasteiger partial charge in [0.15, 0.2) is 0 Å². The first kappa shape index (κ1) is 61.5. The summed E-state index contributed by atoms with van der Waals surface area (Å²) in [4.78, 5) is 14.5. The number of hydrogen-bond acceptors (Lipinski definition) is 7. The van der Waals surface area contributed by atoms with Crippen molar-refractivity contribution in [3.8, 4) is 23.0 Å². The molecule has 0 bridgehead atoms. The van der Waals surface area contributed by atoms with Crippen LogP contribution in [0.15, 0.2) is 209 Å². The molecule has 0 spiro atoms. The van der Waals surface area contributed by atoms with Crippen molar-refractivity contribution in [2.24, 2.45) is 15.0 Å². The molecule has 1 atom stereocenters. The Hall–Kier alpha value is -9.07. The van der Waals surface area contributed by atoms with Crippen molar-refractivity contribution < 1.29 is 20.4 Å². The van der Waals surface area contributed by atoms with E-state index >= 15 is 0 Å². The molecule has 0 amide bonds. The van der Waals surface area contributed by atoms with E-state index in [4.69, 9.17) is 15.0 Å². The quantitative estimate of drug-likeness (QED) is 0.0465. The van der Waals surface area contributed by atoms with E-state index in [0.29, 0.717) is 22.4 Å². The van der Waals surface area contributed by atoms with Crippen molar-refractivity contribution in [3.63, 3.8) is 0 Å². The fourth-order valence-electron chi connectivity index (χ4n) is 11.3. The molecule has 438 valence electrons. The van der Waals surface area contributed by atoms with E-state index in [-0.39, 0.29) is 50.7 Å². The predicted octanol–water partition coefficient (Wildman–Crippen LogP) is 20.3. The van der Waals surface area contributed by atoms with Crippen LogP contribution in [0.1, 0.15) is 192 Å². The average molecular weight is 1140 g/mol. The molecule has 0 saturated carbocycles. The lowest BCUT2D eigenvalue weighted by Crippen LogP contribution is -2.11. The van der Waals surface area contributed by atoms with Crippen LogP contribution in [-0.2, 0) is 21.7 Å². The topological polar surface area (TPSA) is 118 Å². The van der Waals surface area contributed by atoms with Gasteiger partial charge in [-0.05, 0) is 156 Å². The number of aromatic hydroxyl groups is 4. The van der Waals surface area contributed by atoms with Crippen molar-refractivity contribution in [1.29, 1.82) is 0 Å². The number of nitrogens with zero attached hydrogens (tertiary/aromatic N) is 3. The van der Waals surface area contributed by atoms with Crippen LogP contribution in [0.4, 0.5) is 17.1 Å². The van der Waals surface area contributed by atoms with E-state index < -0.39 is 0 Å². The molecule has 0 radical (unpaired) electrons. The van der Waals surface area contributed by atoms with Gasteiger partial charge in [0, 0.05) is 52.7 Å². The second-order valence-electron chi connectivity index (χ2n) is 26.7. The van der Waals surface area contributed by atoms with Gasteiger partial charge in [0.05, 0.1) is 17.1 Å². The largest absolute Gasteiger partial charge is 0.507 e. The van der Waals surface area contributed by atoms with Crippen LogP contribution in [0.2, 0.25) is 0 Å². The Morgan fingerprint density at radius 3 is 0.814 bits per heavy atom. The first-order valence-electron chi connectivity index (χ1n) is 29.9. The highest BCUT2D eigenvalue weighted by atomic mass is 16.3. The van der Waals surface area contributed by atoms with Crippen LogP contribution in [0.3, 0.4) is 0 Å². The monoisotopic (exact) mass is 1140 g/mol. The molecule has 0 heterocycles. The lowest BCUT2D eigenvalue weighted by atomic mass is 9.81. The molecule has 0 aromatic heterocycles. The van der Waals surface area contributed by atoms with Crippen molar-refractivity contribution in [3.05, 3.63) is 278 Å². The van der Waals surface area contributed by atoms with Crippen LogP contribution in [0.25, 0.3) is 11.6 Å². The lowest BCUT2D eigenvalue weighted by Gasteiger charge is -2.23. The number of para-hydroxylation sites is 4. The van der Waals surface area contributed by atoms with Crippen molar-refractivity contribution in [1.82, 2.24) is 0 Å². The summed E-state index contributed by atoms with van der Waals surface area (Å²) in [7, 11) is 0. The van der Waals surface area contributed by atoms with E-state index in [0.717, 1.165) is 95.8 Å². The molecule has 0 fully saturated rings. The van der Waals surface area contributed by atoms with Gasteiger partial charge in [-0.3, -0.25) is 15.0 Å². The minimum Gasteiger partial charge on any atom is -0.507 e.